The third-order valence-electron chi connectivity index (χ3n) is 8.15. The molecule has 1 heterocycles. The van der Waals surface area contributed by atoms with Crippen molar-refractivity contribution in [2.45, 2.75) is 32.4 Å². The van der Waals surface area contributed by atoms with Crippen LogP contribution >= 0.6 is 23.8 Å². The molecule has 1 aliphatic heterocycles. The van der Waals surface area contributed by atoms with E-state index in [1.807, 2.05) is 4.90 Å². The summed E-state index contributed by atoms with van der Waals surface area (Å²) in [6, 6.07) is 10.7. The van der Waals surface area contributed by atoms with E-state index in [-0.39, 0.29) is 26.1 Å². The van der Waals surface area contributed by atoms with Crippen LogP contribution in [0.4, 0.5) is 9.18 Å². The summed E-state index contributed by atoms with van der Waals surface area (Å²) in [4.78, 5) is 42.6. The molecule has 0 bridgehead atoms. The first kappa shape index (κ1) is 36.2. The zero-order chi connectivity index (χ0) is 35.1. The van der Waals surface area contributed by atoms with Gasteiger partial charge in [-0.1, -0.05) is 36.8 Å². The highest BCUT2D eigenvalue weighted by atomic mass is 35.5. The lowest BCUT2D eigenvalue weighted by Gasteiger charge is -2.27. The number of hydrogen-bond acceptors (Lipinski definition) is 8. The molecule has 1 aliphatic rings. The molecule has 0 unspecified atom stereocenters. The standard InChI is InChI=1S/C34H37ClFN3O8S/c1-6-27(19-7-9-24(33(41)42)26(36)13-19)37-34(43)39-18-31(48)38(17-25-29(46-4)14-23(44-2)15-30(25)47-5)16-21(32(39)40)11-20-12-22(35)8-10-28(20)45-3/h7-10,12-15,21,27H,6,11,16-18H2,1-5H3,(H,37,43)(H,41,42)/t21-,27-/m1/s1. The van der Waals surface area contributed by atoms with Gasteiger partial charge < -0.3 is 34.3 Å². The highest BCUT2D eigenvalue weighted by Gasteiger charge is 2.37. The number of nitrogens with one attached hydrogen (secondary N) is 1. The second-order valence-corrected chi connectivity index (χ2v) is 11.9. The van der Waals surface area contributed by atoms with E-state index in [1.54, 1.807) is 37.3 Å². The SMILES string of the molecule is CC[C@@H](NC(=O)N1CC(=S)N(Cc2c(OC)cc(OC)cc2OC)C[C@@H](Cc2cc(Cl)ccc2OC)C1=O)c1ccc(C(=O)O)c(F)c1. The average Bonchev–Trinajstić information content (AvgIpc) is 3.18. The topological polar surface area (TPSA) is 127 Å². The monoisotopic (exact) mass is 701 g/mol. The van der Waals surface area contributed by atoms with Gasteiger partial charge in [-0.15, -0.1) is 0 Å². The Kier molecular flexibility index (Phi) is 12.1. The van der Waals surface area contributed by atoms with Gasteiger partial charge in [0.2, 0.25) is 5.91 Å². The van der Waals surface area contributed by atoms with Gasteiger partial charge >= 0.3 is 12.0 Å². The first-order chi connectivity index (χ1) is 22.9. The lowest BCUT2D eigenvalue weighted by molar-refractivity contribution is -0.131. The molecule has 2 atom stereocenters. The minimum absolute atomic E-state index is 0.133. The number of carboxylic acid groups (broad SMARTS) is 1. The van der Waals surface area contributed by atoms with Gasteiger partial charge in [-0.2, -0.15) is 0 Å². The van der Waals surface area contributed by atoms with Crippen molar-refractivity contribution in [3.63, 3.8) is 0 Å². The number of carbonyl (C=O) groups excluding carboxylic acids is 2. The number of hydrogen-bond donors (Lipinski definition) is 2. The fraction of sp³-hybridized carbons (Fsp3) is 0.353. The lowest BCUT2D eigenvalue weighted by atomic mass is 9.96. The maximum Gasteiger partial charge on any atom is 0.338 e. The first-order valence-electron chi connectivity index (χ1n) is 15.0. The molecule has 256 valence electrons. The number of urea groups is 1. The molecule has 14 heteroatoms. The summed E-state index contributed by atoms with van der Waals surface area (Å²) in [5, 5.41) is 12.5. The van der Waals surface area contributed by atoms with Gasteiger partial charge in [-0.25, -0.2) is 14.0 Å². The quantitative estimate of drug-likeness (QED) is 0.220. The van der Waals surface area contributed by atoms with Crippen molar-refractivity contribution in [3.8, 4) is 23.0 Å². The maximum absolute atomic E-state index is 14.6. The zero-order valence-corrected chi connectivity index (χ0v) is 28.7. The number of carboxylic acids is 1. The highest BCUT2D eigenvalue weighted by molar-refractivity contribution is 7.80. The largest absolute Gasteiger partial charge is 0.496 e. The summed E-state index contributed by atoms with van der Waals surface area (Å²) in [5.41, 5.74) is 1.18. The molecule has 3 aromatic carbocycles. The molecule has 0 aliphatic carbocycles. The number of imide groups is 1. The van der Waals surface area contributed by atoms with Gasteiger partial charge in [0.1, 0.15) is 28.8 Å². The fourth-order valence-electron chi connectivity index (χ4n) is 5.62. The van der Waals surface area contributed by atoms with Crippen LogP contribution in [0.1, 0.15) is 46.4 Å². The maximum atomic E-state index is 14.6. The van der Waals surface area contributed by atoms with Crippen molar-refractivity contribution in [2.24, 2.45) is 5.92 Å². The number of ether oxygens (including phenoxy) is 4. The Hall–Kier alpha value is -4.62. The lowest BCUT2D eigenvalue weighted by Crippen LogP contribution is -2.48. The minimum Gasteiger partial charge on any atom is -0.496 e. The Balaban J connectivity index is 1.71. The summed E-state index contributed by atoms with van der Waals surface area (Å²) in [5.74, 6) is -1.59. The number of benzene rings is 3. The Morgan fingerprint density at radius 1 is 1.02 bits per heavy atom. The molecule has 0 saturated carbocycles. The molecular weight excluding hydrogens is 665 g/mol. The molecule has 11 nitrogen and oxygen atoms in total. The Morgan fingerprint density at radius 3 is 2.25 bits per heavy atom. The van der Waals surface area contributed by atoms with E-state index in [2.05, 4.69) is 5.32 Å². The number of carbonyl (C=O) groups is 3. The molecule has 0 radical (unpaired) electrons. The Labute approximate surface area is 288 Å². The van der Waals surface area contributed by atoms with E-state index in [0.717, 1.165) is 17.0 Å². The minimum atomic E-state index is -1.41. The molecule has 4 rings (SSSR count). The van der Waals surface area contributed by atoms with Crippen molar-refractivity contribution in [2.75, 3.05) is 41.5 Å². The van der Waals surface area contributed by atoms with Gasteiger partial charge in [0, 0.05) is 23.7 Å². The number of amides is 3. The number of rotatable bonds is 12. The number of methoxy groups -OCH3 is 4. The summed E-state index contributed by atoms with van der Waals surface area (Å²) in [7, 11) is 6.09. The van der Waals surface area contributed by atoms with Crippen molar-refractivity contribution in [1.82, 2.24) is 15.1 Å². The van der Waals surface area contributed by atoms with Gasteiger partial charge in [0.05, 0.1) is 69.6 Å². The first-order valence-corrected chi connectivity index (χ1v) is 15.8. The molecular formula is C34H37ClFN3O8S. The molecule has 1 saturated heterocycles. The fourth-order valence-corrected chi connectivity index (χ4v) is 6.09. The molecule has 3 aromatic rings. The van der Waals surface area contributed by atoms with E-state index >= 15 is 0 Å². The smallest absolute Gasteiger partial charge is 0.338 e. The normalized spacial score (nSPS) is 15.4. The predicted molar refractivity (Wildman–Crippen MR) is 181 cm³/mol. The molecule has 1 fully saturated rings. The van der Waals surface area contributed by atoms with Crippen LogP contribution in [-0.2, 0) is 17.8 Å². The highest BCUT2D eigenvalue weighted by Crippen LogP contribution is 2.36. The van der Waals surface area contributed by atoms with E-state index in [1.165, 1.54) is 34.5 Å². The van der Waals surface area contributed by atoms with E-state index < -0.39 is 41.2 Å². The number of aromatic carboxylic acids is 1. The summed E-state index contributed by atoms with van der Waals surface area (Å²) < 4.78 is 36.8. The number of nitrogens with zero attached hydrogens (tertiary/aromatic N) is 2. The second-order valence-electron chi connectivity index (χ2n) is 11.0. The molecule has 2 N–H and O–H groups in total. The third kappa shape index (κ3) is 8.08. The van der Waals surface area contributed by atoms with Gasteiger partial charge in [0.15, 0.2) is 0 Å². The van der Waals surface area contributed by atoms with Crippen molar-refractivity contribution in [1.29, 1.82) is 0 Å². The van der Waals surface area contributed by atoms with Crippen LogP contribution in [0.25, 0.3) is 0 Å². The Morgan fingerprint density at radius 2 is 1.69 bits per heavy atom. The predicted octanol–water partition coefficient (Wildman–Crippen LogP) is 5.90. The van der Waals surface area contributed by atoms with Gasteiger partial charge in [-0.3, -0.25) is 9.69 Å². The van der Waals surface area contributed by atoms with Crippen LogP contribution in [0, 0.1) is 11.7 Å². The number of thiocarbonyl (C=S) groups is 1. The van der Waals surface area contributed by atoms with Crippen molar-refractivity contribution in [3.05, 3.63) is 81.6 Å². The van der Waals surface area contributed by atoms with Crippen molar-refractivity contribution >= 4 is 46.7 Å². The van der Waals surface area contributed by atoms with Gasteiger partial charge in [-0.05, 0) is 54.3 Å². The van der Waals surface area contributed by atoms with Crippen LogP contribution in [0.3, 0.4) is 0 Å². The van der Waals surface area contributed by atoms with Crippen LogP contribution in [0.2, 0.25) is 5.02 Å². The molecule has 3 amide bonds. The van der Waals surface area contributed by atoms with E-state index in [0.29, 0.717) is 56.1 Å². The third-order valence-corrected chi connectivity index (χ3v) is 8.78. The molecule has 48 heavy (non-hydrogen) atoms. The number of halogens is 2. The van der Waals surface area contributed by atoms with Crippen LogP contribution in [0.15, 0.2) is 48.5 Å². The summed E-state index contributed by atoms with van der Waals surface area (Å²) in [6.45, 7) is 1.88. The van der Waals surface area contributed by atoms with Crippen molar-refractivity contribution < 1.29 is 42.8 Å². The van der Waals surface area contributed by atoms with Crippen LogP contribution in [0.5, 0.6) is 23.0 Å². The zero-order valence-electron chi connectivity index (χ0n) is 27.2. The van der Waals surface area contributed by atoms with Crippen LogP contribution in [-0.4, -0.2) is 79.3 Å². The average molecular weight is 702 g/mol. The van der Waals surface area contributed by atoms with E-state index in [4.69, 9.17) is 42.8 Å². The second kappa shape index (κ2) is 16.0. The van der Waals surface area contributed by atoms with E-state index in [9.17, 15) is 23.9 Å². The summed E-state index contributed by atoms with van der Waals surface area (Å²) in [6.07, 6.45) is 0.498. The summed E-state index contributed by atoms with van der Waals surface area (Å²) >= 11 is 12.2. The van der Waals surface area contributed by atoms with Crippen LogP contribution < -0.4 is 24.3 Å². The Bertz CT molecular complexity index is 1680. The van der Waals surface area contributed by atoms with Gasteiger partial charge in [0.25, 0.3) is 0 Å². The molecule has 0 aromatic heterocycles. The molecule has 0 spiro atoms.